The number of aromatic nitrogens is 6. The second kappa shape index (κ2) is 2.49. The molecule has 0 amide bonds. The van der Waals surface area contributed by atoms with Gasteiger partial charge in [-0.05, 0) is 0 Å². The van der Waals surface area contributed by atoms with E-state index in [2.05, 4.69) is 20.4 Å². The van der Waals surface area contributed by atoms with Crippen LogP contribution in [0.4, 0.5) is 0 Å². The van der Waals surface area contributed by atoms with Crippen LogP contribution in [-0.2, 0) is 6.67 Å². The Kier molecular flexibility index (Phi) is 1.36. The number of hydrogen-bond acceptors (Lipinski definition) is 4. The Morgan fingerprint density at radius 3 is 1.45 bits per heavy atom. The molecule has 6 heteroatoms. The molecule has 2 rings (SSSR count). The van der Waals surface area contributed by atoms with E-state index in [0.29, 0.717) is 6.67 Å². The van der Waals surface area contributed by atoms with Crippen LogP contribution in [0.2, 0.25) is 0 Å². The van der Waals surface area contributed by atoms with E-state index in [9.17, 15) is 0 Å². The molecule has 0 aliphatic heterocycles. The third-order valence-corrected chi connectivity index (χ3v) is 1.19. The van der Waals surface area contributed by atoms with Gasteiger partial charge >= 0.3 is 0 Å². The highest BCUT2D eigenvalue weighted by molar-refractivity contribution is 4.62. The molecule has 0 spiro atoms. The predicted molar refractivity (Wildman–Crippen MR) is 35.4 cm³/mol. The fourth-order valence-corrected chi connectivity index (χ4v) is 0.746. The van der Waals surface area contributed by atoms with Crippen molar-refractivity contribution in [3.05, 3.63) is 24.8 Å². The van der Waals surface area contributed by atoms with E-state index in [1.165, 1.54) is 9.59 Å². The fraction of sp³-hybridized carbons (Fsp3) is 0.200. The molecule has 2 aromatic heterocycles. The van der Waals surface area contributed by atoms with Gasteiger partial charge in [-0.3, -0.25) is 0 Å². The monoisotopic (exact) mass is 150 g/mol. The summed E-state index contributed by atoms with van der Waals surface area (Å²) in [6.45, 7) is 0.458. The lowest BCUT2D eigenvalue weighted by Gasteiger charge is -1.95. The summed E-state index contributed by atoms with van der Waals surface area (Å²) in [5, 5.41) is 15.6. The minimum absolute atomic E-state index is 0.458. The zero-order valence-electron chi connectivity index (χ0n) is 5.70. The van der Waals surface area contributed by atoms with Crippen molar-refractivity contribution < 1.29 is 0 Å². The molecular weight excluding hydrogens is 144 g/mol. The van der Waals surface area contributed by atoms with E-state index in [0.717, 1.165) is 0 Å². The average molecular weight is 150 g/mol. The van der Waals surface area contributed by atoms with Gasteiger partial charge in [-0.2, -0.15) is 30.0 Å². The summed E-state index contributed by atoms with van der Waals surface area (Å²) in [7, 11) is 0. The lowest BCUT2D eigenvalue weighted by Crippen LogP contribution is -2.13. The first kappa shape index (κ1) is 6.02. The van der Waals surface area contributed by atoms with Gasteiger partial charge in [0.2, 0.25) is 0 Å². The maximum atomic E-state index is 3.90. The van der Waals surface area contributed by atoms with Crippen LogP contribution in [-0.4, -0.2) is 30.0 Å². The summed E-state index contributed by atoms with van der Waals surface area (Å²) in [4.78, 5) is 3.00. The highest BCUT2D eigenvalue weighted by atomic mass is 15.6. The molecule has 0 aliphatic rings. The summed E-state index contributed by atoms with van der Waals surface area (Å²) in [6.07, 6.45) is 6.46. The van der Waals surface area contributed by atoms with E-state index >= 15 is 0 Å². The van der Waals surface area contributed by atoms with Crippen LogP contribution in [0.15, 0.2) is 24.8 Å². The zero-order chi connectivity index (χ0) is 7.52. The minimum Gasteiger partial charge on any atom is -0.161 e. The van der Waals surface area contributed by atoms with Crippen molar-refractivity contribution in [3.63, 3.8) is 0 Å². The van der Waals surface area contributed by atoms with Crippen LogP contribution in [0.3, 0.4) is 0 Å². The molecule has 0 radical (unpaired) electrons. The Hall–Kier alpha value is -1.72. The minimum atomic E-state index is 0.458. The summed E-state index contributed by atoms with van der Waals surface area (Å²) in [5.74, 6) is 0. The average Bonchev–Trinajstić information content (AvgIpc) is 2.60. The quantitative estimate of drug-likeness (QED) is 0.572. The largest absolute Gasteiger partial charge is 0.172 e. The molecule has 2 aromatic rings. The van der Waals surface area contributed by atoms with Crippen molar-refractivity contribution in [1.82, 2.24) is 30.0 Å². The molecule has 0 saturated heterocycles. The Labute approximate surface area is 62.4 Å². The SMILES string of the molecule is c1cnn(Cn2nccn2)n1. The van der Waals surface area contributed by atoms with E-state index in [-0.39, 0.29) is 0 Å². The number of nitrogens with zero attached hydrogens (tertiary/aromatic N) is 6. The molecule has 6 nitrogen and oxygen atoms in total. The second-order valence-corrected chi connectivity index (χ2v) is 1.94. The maximum absolute atomic E-state index is 3.90. The fourth-order valence-electron chi connectivity index (χ4n) is 0.746. The Bertz CT molecular complexity index is 263. The van der Waals surface area contributed by atoms with Gasteiger partial charge < -0.3 is 0 Å². The van der Waals surface area contributed by atoms with E-state index in [4.69, 9.17) is 0 Å². The van der Waals surface area contributed by atoms with Gasteiger partial charge in [-0.15, -0.1) is 0 Å². The van der Waals surface area contributed by atoms with Crippen LogP contribution in [0.25, 0.3) is 0 Å². The van der Waals surface area contributed by atoms with Gasteiger partial charge in [0.05, 0.1) is 24.8 Å². The molecule has 0 atom stereocenters. The third-order valence-electron chi connectivity index (χ3n) is 1.19. The highest BCUT2D eigenvalue weighted by Crippen LogP contribution is 1.80. The van der Waals surface area contributed by atoms with E-state index in [1.54, 1.807) is 24.8 Å². The molecule has 2 heterocycles. The van der Waals surface area contributed by atoms with Crippen molar-refractivity contribution in [2.45, 2.75) is 6.67 Å². The molecule has 0 aliphatic carbocycles. The van der Waals surface area contributed by atoms with E-state index < -0.39 is 0 Å². The summed E-state index contributed by atoms with van der Waals surface area (Å²) >= 11 is 0. The molecule has 0 unspecified atom stereocenters. The zero-order valence-corrected chi connectivity index (χ0v) is 5.70. The van der Waals surface area contributed by atoms with Gasteiger partial charge in [-0.1, -0.05) is 0 Å². The summed E-state index contributed by atoms with van der Waals surface area (Å²) in [6, 6.07) is 0. The van der Waals surface area contributed by atoms with Crippen molar-refractivity contribution in [2.24, 2.45) is 0 Å². The van der Waals surface area contributed by atoms with Crippen LogP contribution < -0.4 is 0 Å². The molecule has 11 heavy (non-hydrogen) atoms. The molecule has 0 fully saturated rings. The Balaban J connectivity index is 2.14. The van der Waals surface area contributed by atoms with Crippen molar-refractivity contribution in [1.29, 1.82) is 0 Å². The van der Waals surface area contributed by atoms with Gasteiger partial charge in [0, 0.05) is 0 Å². The topological polar surface area (TPSA) is 61.4 Å². The van der Waals surface area contributed by atoms with Crippen LogP contribution in [0, 0.1) is 0 Å². The first-order chi connectivity index (χ1) is 5.45. The van der Waals surface area contributed by atoms with Crippen LogP contribution in [0.1, 0.15) is 0 Å². The Morgan fingerprint density at radius 2 is 1.09 bits per heavy atom. The van der Waals surface area contributed by atoms with Gasteiger partial charge in [0.15, 0.2) is 6.67 Å². The maximum Gasteiger partial charge on any atom is 0.172 e. The molecular formula is C5H6N6. The standard InChI is InChI=1S/C5H6N6/c1-2-7-10(6-1)5-11-8-3-4-9-11/h1-4H,5H2. The third kappa shape index (κ3) is 1.23. The molecule has 0 aromatic carbocycles. The molecule has 0 bridgehead atoms. The van der Waals surface area contributed by atoms with E-state index in [1.807, 2.05) is 0 Å². The van der Waals surface area contributed by atoms with Crippen molar-refractivity contribution >= 4 is 0 Å². The van der Waals surface area contributed by atoms with Crippen molar-refractivity contribution in [3.8, 4) is 0 Å². The smallest absolute Gasteiger partial charge is 0.161 e. The lowest BCUT2D eigenvalue weighted by molar-refractivity contribution is 0.413. The van der Waals surface area contributed by atoms with Crippen LogP contribution in [0.5, 0.6) is 0 Å². The number of rotatable bonds is 2. The Morgan fingerprint density at radius 1 is 0.727 bits per heavy atom. The van der Waals surface area contributed by atoms with Gasteiger partial charge in [0.25, 0.3) is 0 Å². The van der Waals surface area contributed by atoms with Crippen molar-refractivity contribution in [2.75, 3.05) is 0 Å². The van der Waals surface area contributed by atoms with Crippen LogP contribution >= 0.6 is 0 Å². The number of hydrogen-bond donors (Lipinski definition) is 0. The molecule has 56 valence electrons. The normalized spacial score (nSPS) is 10.2. The predicted octanol–water partition coefficient (Wildman–Crippen LogP) is -0.625. The van der Waals surface area contributed by atoms with Gasteiger partial charge in [-0.25, -0.2) is 0 Å². The molecule has 0 saturated carbocycles. The lowest BCUT2D eigenvalue weighted by atomic mass is 11.0. The molecule has 0 N–H and O–H groups in total. The summed E-state index contributed by atoms with van der Waals surface area (Å²) in [5.41, 5.74) is 0. The summed E-state index contributed by atoms with van der Waals surface area (Å²) < 4.78 is 0. The second-order valence-electron chi connectivity index (χ2n) is 1.94. The highest BCUT2D eigenvalue weighted by Gasteiger charge is 1.92. The first-order valence-electron chi connectivity index (χ1n) is 3.13. The first-order valence-corrected chi connectivity index (χ1v) is 3.13. The van der Waals surface area contributed by atoms with Gasteiger partial charge in [0.1, 0.15) is 0 Å².